The third-order valence-electron chi connectivity index (χ3n) is 4.34. The highest BCUT2D eigenvalue weighted by molar-refractivity contribution is 7.99. The Labute approximate surface area is 174 Å². The van der Waals surface area contributed by atoms with Gasteiger partial charge in [-0.1, -0.05) is 17.8 Å². The number of hydrogen-bond acceptors (Lipinski definition) is 4. The van der Waals surface area contributed by atoms with Crippen molar-refractivity contribution in [2.45, 2.75) is 23.8 Å². The van der Waals surface area contributed by atoms with Crippen LogP contribution in [0.2, 0.25) is 0 Å². The third kappa shape index (κ3) is 5.36. The molecule has 0 saturated carbocycles. The summed E-state index contributed by atoms with van der Waals surface area (Å²) in [5, 5.41) is 8.68. The lowest BCUT2D eigenvalue weighted by atomic mass is 10.1. The van der Waals surface area contributed by atoms with Gasteiger partial charge in [-0.2, -0.15) is 0 Å². The van der Waals surface area contributed by atoms with Crippen LogP contribution in [0, 0.1) is 13.8 Å². The Kier molecular flexibility index (Phi) is 6.51. The molecule has 1 heterocycles. The molecule has 1 aromatic heterocycles. The van der Waals surface area contributed by atoms with Crippen LogP contribution in [0.5, 0.6) is 0 Å². The Balaban J connectivity index is 1.74. The quantitative estimate of drug-likeness (QED) is 0.565. The maximum atomic E-state index is 12.8. The Morgan fingerprint density at radius 1 is 0.897 bits per heavy atom. The molecule has 6 nitrogen and oxygen atoms in total. The average molecular weight is 407 g/mol. The van der Waals surface area contributed by atoms with Gasteiger partial charge in [0.05, 0.1) is 5.56 Å². The maximum absolute atomic E-state index is 12.8. The van der Waals surface area contributed by atoms with Gasteiger partial charge in [-0.25, -0.2) is 9.78 Å². The van der Waals surface area contributed by atoms with E-state index in [0.717, 1.165) is 4.90 Å². The van der Waals surface area contributed by atoms with E-state index in [4.69, 9.17) is 0 Å². The summed E-state index contributed by atoms with van der Waals surface area (Å²) in [5.41, 5.74) is 4.19. The Morgan fingerprint density at radius 3 is 2.24 bits per heavy atom. The van der Waals surface area contributed by atoms with Gasteiger partial charge < -0.3 is 16.0 Å². The number of rotatable bonds is 5. The summed E-state index contributed by atoms with van der Waals surface area (Å²) in [6, 6.07) is 16.3. The van der Waals surface area contributed by atoms with Crippen LogP contribution < -0.4 is 16.0 Å². The Morgan fingerprint density at radius 2 is 1.59 bits per heavy atom. The fraction of sp³-hybridized carbons (Fsp3) is 0.136. The molecule has 148 valence electrons. The van der Waals surface area contributed by atoms with Crippen molar-refractivity contribution in [3.05, 3.63) is 77.5 Å². The second kappa shape index (κ2) is 9.25. The predicted octanol–water partition coefficient (Wildman–Crippen LogP) is 4.85. The SMILES string of the molecule is CNC(=O)Nc1ccc(NC(=O)c2cccnc2Sc2ccc(C)c(C)c2)cc1. The zero-order valence-corrected chi connectivity index (χ0v) is 17.3. The number of nitrogens with zero attached hydrogens (tertiary/aromatic N) is 1. The highest BCUT2D eigenvalue weighted by Gasteiger charge is 2.14. The number of nitrogens with one attached hydrogen (secondary N) is 3. The summed E-state index contributed by atoms with van der Waals surface area (Å²) in [4.78, 5) is 29.6. The monoisotopic (exact) mass is 406 g/mol. The highest BCUT2D eigenvalue weighted by Crippen LogP contribution is 2.30. The van der Waals surface area contributed by atoms with Gasteiger partial charge in [0, 0.05) is 29.5 Å². The van der Waals surface area contributed by atoms with E-state index < -0.39 is 0 Å². The number of pyridine rings is 1. The number of carbonyl (C=O) groups excluding carboxylic acids is 2. The van der Waals surface area contributed by atoms with E-state index in [2.05, 4.69) is 46.9 Å². The van der Waals surface area contributed by atoms with Gasteiger partial charge in [0.15, 0.2) is 0 Å². The zero-order chi connectivity index (χ0) is 20.8. The zero-order valence-electron chi connectivity index (χ0n) is 16.4. The molecule has 3 rings (SSSR count). The number of amides is 3. The van der Waals surface area contributed by atoms with E-state index in [1.54, 1.807) is 49.6 Å². The molecule has 7 heteroatoms. The summed E-state index contributed by atoms with van der Waals surface area (Å²) in [6.07, 6.45) is 1.68. The summed E-state index contributed by atoms with van der Waals surface area (Å²) in [5.74, 6) is -0.239. The van der Waals surface area contributed by atoms with Crippen molar-refractivity contribution >= 4 is 35.1 Å². The molecule has 3 aromatic rings. The molecular formula is C22H22N4O2S. The molecule has 0 atom stereocenters. The summed E-state index contributed by atoms with van der Waals surface area (Å²) >= 11 is 1.46. The molecule has 0 aliphatic carbocycles. The van der Waals surface area contributed by atoms with Crippen LogP contribution in [0.25, 0.3) is 0 Å². The summed E-state index contributed by atoms with van der Waals surface area (Å²) < 4.78 is 0. The third-order valence-corrected chi connectivity index (χ3v) is 5.34. The van der Waals surface area contributed by atoms with Gasteiger partial charge in [-0.05, 0) is 73.5 Å². The molecule has 29 heavy (non-hydrogen) atoms. The van der Waals surface area contributed by atoms with E-state index in [9.17, 15) is 9.59 Å². The van der Waals surface area contributed by atoms with E-state index in [-0.39, 0.29) is 11.9 Å². The minimum Gasteiger partial charge on any atom is -0.341 e. The lowest BCUT2D eigenvalue weighted by Crippen LogP contribution is -2.24. The molecule has 0 radical (unpaired) electrons. The van der Waals surface area contributed by atoms with Crippen molar-refractivity contribution in [2.75, 3.05) is 17.7 Å². The van der Waals surface area contributed by atoms with E-state index in [1.807, 2.05) is 6.07 Å². The van der Waals surface area contributed by atoms with Crippen molar-refractivity contribution in [2.24, 2.45) is 0 Å². The fourth-order valence-corrected chi connectivity index (χ4v) is 3.54. The van der Waals surface area contributed by atoms with Gasteiger partial charge in [0.1, 0.15) is 5.03 Å². The first-order valence-electron chi connectivity index (χ1n) is 9.06. The first-order chi connectivity index (χ1) is 14.0. The first-order valence-corrected chi connectivity index (χ1v) is 9.88. The summed E-state index contributed by atoms with van der Waals surface area (Å²) in [6.45, 7) is 4.13. The largest absolute Gasteiger partial charge is 0.341 e. The predicted molar refractivity (Wildman–Crippen MR) is 117 cm³/mol. The molecular weight excluding hydrogens is 384 g/mol. The number of anilines is 2. The van der Waals surface area contributed by atoms with Crippen LogP contribution in [0.3, 0.4) is 0 Å². The lowest BCUT2D eigenvalue weighted by molar-refractivity contribution is 0.102. The standard InChI is InChI=1S/C22H22N4O2S/c1-14-6-11-18(13-15(14)2)29-21-19(5-4-12-24-21)20(27)25-16-7-9-17(10-8-16)26-22(28)23-3/h4-13H,1-3H3,(H,25,27)(H2,23,26,28). The van der Waals surface area contributed by atoms with Gasteiger partial charge in [0.2, 0.25) is 0 Å². The van der Waals surface area contributed by atoms with E-state index >= 15 is 0 Å². The molecule has 0 spiro atoms. The molecule has 0 saturated heterocycles. The average Bonchev–Trinajstić information content (AvgIpc) is 2.72. The van der Waals surface area contributed by atoms with E-state index in [0.29, 0.717) is 22.0 Å². The van der Waals surface area contributed by atoms with Gasteiger partial charge in [-0.3, -0.25) is 4.79 Å². The maximum Gasteiger partial charge on any atom is 0.318 e. The molecule has 0 fully saturated rings. The lowest BCUT2D eigenvalue weighted by Gasteiger charge is -2.11. The Bertz CT molecular complexity index is 1040. The van der Waals surface area contributed by atoms with Crippen molar-refractivity contribution < 1.29 is 9.59 Å². The molecule has 0 aliphatic heterocycles. The molecule has 0 bridgehead atoms. The smallest absolute Gasteiger partial charge is 0.318 e. The second-order valence-electron chi connectivity index (χ2n) is 6.44. The summed E-state index contributed by atoms with van der Waals surface area (Å²) in [7, 11) is 1.55. The van der Waals surface area contributed by atoms with Crippen LogP contribution in [0.4, 0.5) is 16.2 Å². The van der Waals surface area contributed by atoms with Crippen molar-refractivity contribution in [3.63, 3.8) is 0 Å². The number of urea groups is 1. The fourth-order valence-electron chi connectivity index (χ4n) is 2.56. The van der Waals surface area contributed by atoms with Crippen molar-refractivity contribution in [3.8, 4) is 0 Å². The number of carbonyl (C=O) groups is 2. The number of aryl methyl sites for hydroxylation is 2. The van der Waals surface area contributed by atoms with Crippen molar-refractivity contribution in [1.29, 1.82) is 0 Å². The normalized spacial score (nSPS) is 10.3. The Hall–Kier alpha value is -3.32. The number of hydrogen-bond donors (Lipinski definition) is 3. The molecule has 3 amide bonds. The molecule has 2 aromatic carbocycles. The van der Waals surface area contributed by atoms with Crippen LogP contribution in [0.1, 0.15) is 21.5 Å². The minimum atomic E-state index is -0.301. The number of aromatic nitrogens is 1. The van der Waals surface area contributed by atoms with Crippen molar-refractivity contribution in [1.82, 2.24) is 10.3 Å². The van der Waals surface area contributed by atoms with Crippen LogP contribution >= 0.6 is 11.8 Å². The van der Waals surface area contributed by atoms with Crippen LogP contribution in [-0.4, -0.2) is 24.0 Å². The van der Waals surface area contributed by atoms with Gasteiger partial charge >= 0.3 is 6.03 Å². The van der Waals surface area contributed by atoms with Crippen LogP contribution in [-0.2, 0) is 0 Å². The van der Waals surface area contributed by atoms with Gasteiger partial charge in [-0.15, -0.1) is 0 Å². The van der Waals surface area contributed by atoms with Crippen LogP contribution in [0.15, 0.2) is 70.7 Å². The minimum absolute atomic E-state index is 0.239. The second-order valence-corrected chi connectivity index (χ2v) is 7.50. The van der Waals surface area contributed by atoms with E-state index in [1.165, 1.54) is 22.9 Å². The topological polar surface area (TPSA) is 83.1 Å². The molecule has 0 aliphatic rings. The molecule has 0 unspecified atom stereocenters. The number of benzene rings is 2. The molecule has 3 N–H and O–H groups in total. The highest BCUT2D eigenvalue weighted by atomic mass is 32.2. The van der Waals surface area contributed by atoms with Gasteiger partial charge in [0.25, 0.3) is 5.91 Å². The first kappa shape index (κ1) is 20.4.